The van der Waals surface area contributed by atoms with Crippen molar-refractivity contribution < 1.29 is 37.7 Å². The fourth-order valence-electron chi connectivity index (χ4n) is 6.50. The van der Waals surface area contributed by atoms with Crippen LogP contribution < -0.4 is 4.74 Å². The molecule has 10 heteroatoms. The lowest BCUT2D eigenvalue weighted by Crippen LogP contribution is -2.51. The summed E-state index contributed by atoms with van der Waals surface area (Å²) in [5.41, 5.74) is -0.213. The molecule has 39 heavy (non-hydrogen) atoms. The van der Waals surface area contributed by atoms with Crippen LogP contribution in [0.5, 0.6) is 5.75 Å². The molecule has 0 aromatic heterocycles. The van der Waals surface area contributed by atoms with E-state index >= 15 is 0 Å². The summed E-state index contributed by atoms with van der Waals surface area (Å²) in [5.74, 6) is -0.636. The number of aromatic carboxylic acids is 1. The van der Waals surface area contributed by atoms with Crippen LogP contribution in [0.15, 0.2) is 42.5 Å². The number of hydrogen-bond acceptors (Lipinski definition) is 5. The quantitative estimate of drug-likeness (QED) is 0.556. The predicted octanol–water partition coefficient (Wildman–Crippen LogP) is 4.88. The third kappa shape index (κ3) is 5.36. The van der Waals surface area contributed by atoms with E-state index in [-0.39, 0.29) is 36.7 Å². The lowest BCUT2D eigenvalue weighted by atomic mass is 9.79. The van der Waals surface area contributed by atoms with E-state index in [4.69, 9.17) is 4.74 Å². The van der Waals surface area contributed by atoms with Crippen LogP contribution in [-0.2, 0) is 17.5 Å². The van der Waals surface area contributed by atoms with Crippen molar-refractivity contribution in [2.75, 3.05) is 19.8 Å². The van der Waals surface area contributed by atoms with Crippen LogP contribution in [-0.4, -0.2) is 63.9 Å². The molecule has 1 saturated carbocycles. The highest BCUT2D eigenvalue weighted by atomic mass is 19.4. The van der Waals surface area contributed by atoms with Gasteiger partial charge in [-0.15, -0.1) is 0 Å². The molecule has 3 atom stereocenters. The van der Waals surface area contributed by atoms with Crippen molar-refractivity contribution in [1.82, 2.24) is 9.80 Å². The number of likely N-dealkylation sites (tertiary alicyclic amines) is 1. The fraction of sp³-hybridized carbons (Fsp3) is 0.517. The van der Waals surface area contributed by atoms with Crippen LogP contribution in [0.4, 0.5) is 13.2 Å². The number of halogens is 3. The maximum atomic E-state index is 13.8. The monoisotopic (exact) mass is 546 g/mol. The summed E-state index contributed by atoms with van der Waals surface area (Å²) >= 11 is 0. The summed E-state index contributed by atoms with van der Waals surface area (Å²) in [5, 5.41) is 20.1. The zero-order chi connectivity index (χ0) is 27.9. The molecular formula is C29H33F3N2O5. The minimum absolute atomic E-state index is 0.00196. The van der Waals surface area contributed by atoms with Crippen molar-refractivity contribution >= 4 is 11.9 Å². The van der Waals surface area contributed by atoms with Crippen molar-refractivity contribution in [3.8, 4) is 5.75 Å². The molecule has 7 nitrogen and oxygen atoms in total. The van der Waals surface area contributed by atoms with Gasteiger partial charge in [-0.05, 0) is 93.9 Å². The second-order valence-electron chi connectivity index (χ2n) is 11.1. The van der Waals surface area contributed by atoms with Crippen LogP contribution in [0, 0.1) is 5.41 Å². The van der Waals surface area contributed by atoms with Crippen LogP contribution in [0.3, 0.4) is 0 Å². The number of rotatable bonds is 5. The van der Waals surface area contributed by atoms with Gasteiger partial charge in [-0.1, -0.05) is 12.1 Å². The zero-order valence-corrected chi connectivity index (χ0v) is 21.8. The molecule has 2 aliphatic heterocycles. The normalized spacial score (nSPS) is 25.2. The van der Waals surface area contributed by atoms with Crippen LogP contribution in [0.1, 0.15) is 72.0 Å². The van der Waals surface area contributed by atoms with Crippen molar-refractivity contribution in [3.63, 3.8) is 0 Å². The largest absolute Gasteiger partial charge is 0.478 e. The molecule has 1 amide bonds. The second-order valence-corrected chi connectivity index (χ2v) is 11.1. The van der Waals surface area contributed by atoms with Crippen molar-refractivity contribution in [2.24, 2.45) is 5.41 Å². The van der Waals surface area contributed by atoms with Gasteiger partial charge in [0.1, 0.15) is 5.75 Å². The Morgan fingerprint density at radius 2 is 1.85 bits per heavy atom. The summed E-state index contributed by atoms with van der Waals surface area (Å²) in [7, 11) is 0. The molecule has 0 bridgehead atoms. The molecular weight excluding hydrogens is 513 g/mol. The minimum Gasteiger partial charge on any atom is -0.478 e. The number of piperidine rings is 1. The van der Waals surface area contributed by atoms with E-state index in [2.05, 4.69) is 4.90 Å². The van der Waals surface area contributed by atoms with E-state index in [1.807, 2.05) is 6.07 Å². The van der Waals surface area contributed by atoms with Gasteiger partial charge >= 0.3 is 12.1 Å². The molecule has 0 unspecified atom stereocenters. The summed E-state index contributed by atoms with van der Waals surface area (Å²) in [6.45, 7) is 3.14. The first kappa shape index (κ1) is 27.5. The topological polar surface area (TPSA) is 90.3 Å². The number of carbonyl (C=O) groups is 2. The molecule has 1 saturated heterocycles. The number of carboxylic acid groups (broad SMARTS) is 1. The molecule has 0 radical (unpaired) electrons. The van der Waals surface area contributed by atoms with Gasteiger partial charge in [0.15, 0.2) is 6.73 Å². The number of hydrogen-bond donors (Lipinski definition) is 2. The third-order valence-electron chi connectivity index (χ3n) is 8.81. The van der Waals surface area contributed by atoms with E-state index < -0.39 is 29.2 Å². The summed E-state index contributed by atoms with van der Waals surface area (Å²) in [6, 6.07) is 10.5. The minimum atomic E-state index is -4.49. The number of ether oxygens (including phenoxy) is 1. The van der Waals surface area contributed by atoms with Crippen LogP contribution in [0.25, 0.3) is 0 Å². The highest BCUT2D eigenvalue weighted by Crippen LogP contribution is 2.46. The van der Waals surface area contributed by atoms with E-state index in [0.717, 1.165) is 50.0 Å². The smallest absolute Gasteiger partial charge is 0.416 e. The molecule has 2 N–H and O–H groups in total. The van der Waals surface area contributed by atoms with E-state index in [0.29, 0.717) is 24.2 Å². The van der Waals surface area contributed by atoms with Gasteiger partial charge in [-0.2, -0.15) is 13.2 Å². The van der Waals surface area contributed by atoms with Crippen molar-refractivity contribution in [1.29, 1.82) is 0 Å². The Balaban J connectivity index is 1.25. The Hall–Kier alpha value is -3.11. The van der Waals surface area contributed by atoms with Gasteiger partial charge in [0, 0.05) is 11.6 Å². The number of aliphatic hydroxyl groups excluding tert-OH is 1. The summed E-state index contributed by atoms with van der Waals surface area (Å²) in [4.78, 5) is 28.9. The van der Waals surface area contributed by atoms with E-state index in [1.165, 1.54) is 11.0 Å². The van der Waals surface area contributed by atoms with Gasteiger partial charge in [0.25, 0.3) is 0 Å². The number of aliphatic hydroxyl groups is 1. The maximum absolute atomic E-state index is 13.8. The molecule has 210 valence electrons. The molecule has 0 spiro atoms. The lowest BCUT2D eigenvalue weighted by molar-refractivity contribution is -0.153. The average Bonchev–Trinajstić information content (AvgIpc) is 3.39. The SMILES string of the molecule is C[C@@H](O)[C@]1(C(=O)N2COc3ccc(C(F)(F)F)cc3C2)CC[C@@H](N2CCC(c3cccc(C(=O)O)c3)CC2)C1. The third-order valence-corrected chi connectivity index (χ3v) is 8.81. The summed E-state index contributed by atoms with van der Waals surface area (Å²) in [6.07, 6.45) is -1.99. The standard InChI is InChI=1S/C29H33F3N2O5/c1-18(35)28(27(38)34-16-22-14-23(29(30,31)32)5-6-25(22)39-17-34)10-7-24(15-28)33-11-8-19(9-12-33)20-3-2-4-21(13-20)26(36)37/h2-6,13-14,18-19,24,35H,7-12,15-17H2,1H3,(H,36,37)/t18-,24-,28+/m1/s1. The van der Waals surface area contributed by atoms with Gasteiger partial charge < -0.3 is 24.7 Å². The number of carboxylic acids is 1. The Bertz CT molecular complexity index is 1240. The average molecular weight is 547 g/mol. The van der Waals surface area contributed by atoms with E-state index in [9.17, 15) is 33.0 Å². The van der Waals surface area contributed by atoms with Gasteiger partial charge in [0.05, 0.1) is 29.2 Å². The maximum Gasteiger partial charge on any atom is 0.416 e. The Labute approximate surface area is 225 Å². The van der Waals surface area contributed by atoms with Gasteiger partial charge in [0.2, 0.25) is 5.91 Å². The fourth-order valence-corrected chi connectivity index (χ4v) is 6.50. The summed E-state index contributed by atoms with van der Waals surface area (Å²) < 4.78 is 45.3. The van der Waals surface area contributed by atoms with E-state index in [1.54, 1.807) is 25.1 Å². The first-order chi connectivity index (χ1) is 18.5. The first-order valence-corrected chi connectivity index (χ1v) is 13.4. The molecule has 2 aromatic carbocycles. The number of alkyl halides is 3. The van der Waals surface area contributed by atoms with Crippen LogP contribution in [0.2, 0.25) is 0 Å². The Morgan fingerprint density at radius 1 is 1.10 bits per heavy atom. The molecule has 2 heterocycles. The highest BCUT2D eigenvalue weighted by molar-refractivity contribution is 5.87. The molecule has 3 aliphatic rings. The highest BCUT2D eigenvalue weighted by Gasteiger charge is 2.52. The number of nitrogens with zero attached hydrogens (tertiary/aromatic N) is 2. The van der Waals surface area contributed by atoms with Crippen molar-refractivity contribution in [2.45, 2.75) is 69.8 Å². The molecule has 1 aliphatic carbocycles. The second kappa shape index (κ2) is 10.5. The first-order valence-electron chi connectivity index (χ1n) is 13.4. The molecule has 2 fully saturated rings. The Morgan fingerprint density at radius 3 is 2.51 bits per heavy atom. The number of carbonyl (C=O) groups excluding carboxylic acids is 1. The number of fused-ring (bicyclic) bond motifs is 1. The van der Waals surface area contributed by atoms with Crippen LogP contribution >= 0.6 is 0 Å². The molecule has 5 rings (SSSR count). The molecule has 2 aromatic rings. The lowest BCUT2D eigenvalue weighted by Gasteiger charge is -2.40. The number of amides is 1. The van der Waals surface area contributed by atoms with Crippen molar-refractivity contribution in [3.05, 3.63) is 64.7 Å². The predicted molar refractivity (Wildman–Crippen MR) is 136 cm³/mol. The Kier molecular flexibility index (Phi) is 7.37. The van der Waals surface area contributed by atoms with Gasteiger partial charge in [-0.25, -0.2) is 4.79 Å². The van der Waals surface area contributed by atoms with Gasteiger partial charge in [-0.3, -0.25) is 4.79 Å². The number of benzene rings is 2. The zero-order valence-electron chi connectivity index (χ0n) is 21.8.